The fourth-order valence-electron chi connectivity index (χ4n) is 1.75. The van der Waals surface area contributed by atoms with Gasteiger partial charge in [-0.2, -0.15) is 5.56 Å². The Hall–Kier alpha value is -0.443. The number of fused-ring (bicyclic) bond motifs is 1. The van der Waals surface area contributed by atoms with E-state index in [2.05, 4.69) is 50.3 Å². The minimum atomic E-state index is 0. The van der Waals surface area contributed by atoms with E-state index in [4.69, 9.17) is 0 Å². The van der Waals surface area contributed by atoms with Crippen molar-refractivity contribution in [2.24, 2.45) is 5.92 Å². The smallest absolute Gasteiger partial charge is 0.268 e. The largest absolute Gasteiger partial charge is 1.00 e. The number of rotatable bonds is 1. The Kier molecular flexibility index (Phi) is 3.42. The minimum Gasteiger partial charge on any atom is -0.268 e. The van der Waals surface area contributed by atoms with Crippen molar-refractivity contribution in [2.45, 2.75) is 19.8 Å². The number of hydrogen-bond acceptors (Lipinski definition) is 0. The first-order valence-corrected chi connectivity index (χ1v) is 4.47. The van der Waals surface area contributed by atoms with Crippen LogP contribution in [0, 0.1) is 12.0 Å². The number of benzene rings is 1. The van der Waals surface area contributed by atoms with E-state index < -0.39 is 0 Å². The van der Waals surface area contributed by atoms with Crippen LogP contribution in [0.25, 0.3) is 6.08 Å². The summed E-state index contributed by atoms with van der Waals surface area (Å²) < 4.78 is 0. The van der Waals surface area contributed by atoms with Crippen LogP contribution in [0.5, 0.6) is 0 Å². The molecule has 0 heterocycles. The zero-order chi connectivity index (χ0) is 8.55. The van der Waals surface area contributed by atoms with Crippen molar-refractivity contribution in [1.82, 2.24) is 0 Å². The van der Waals surface area contributed by atoms with E-state index in [0.717, 1.165) is 0 Å². The number of allylic oxidation sites excluding steroid dienone is 1. The van der Waals surface area contributed by atoms with Crippen LogP contribution in [0.15, 0.2) is 24.3 Å². The van der Waals surface area contributed by atoms with Gasteiger partial charge in [0.15, 0.2) is 0 Å². The normalized spacial score (nSPS) is 18.5. The van der Waals surface area contributed by atoms with Gasteiger partial charge in [0.1, 0.15) is 0 Å². The predicted octanol–water partition coefficient (Wildman–Crippen LogP) is 0.260. The topological polar surface area (TPSA) is 0 Å². The van der Waals surface area contributed by atoms with Crippen LogP contribution in [-0.4, -0.2) is 0 Å². The van der Waals surface area contributed by atoms with Gasteiger partial charge in [0.25, 0.3) is 0 Å². The Morgan fingerprint density at radius 3 is 2.62 bits per heavy atom. The second-order valence-electron chi connectivity index (χ2n) is 3.66. The molecule has 1 aliphatic carbocycles. The second-order valence-corrected chi connectivity index (χ2v) is 3.66. The first-order chi connectivity index (χ1) is 5.79. The molecule has 1 aromatic rings. The van der Waals surface area contributed by atoms with Gasteiger partial charge in [0.2, 0.25) is 0 Å². The molecule has 1 unspecified atom stereocenters. The Labute approximate surface area is 92.2 Å². The van der Waals surface area contributed by atoms with Gasteiger partial charge in [-0.05, 0) is 0 Å². The van der Waals surface area contributed by atoms with Gasteiger partial charge in [0.05, 0.1) is 0 Å². The molecule has 0 N–H and O–H groups in total. The van der Waals surface area contributed by atoms with E-state index in [1.807, 2.05) is 0 Å². The molecule has 0 fully saturated rings. The van der Waals surface area contributed by atoms with Gasteiger partial charge >= 0.3 is 18.9 Å². The summed E-state index contributed by atoms with van der Waals surface area (Å²) in [6.07, 6.45) is 5.51. The van der Waals surface area contributed by atoms with E-state index in [1.165, 1.54) is 11.1 Å². The molecule has 1 aromatic carbocycles. The molecule has 1 aliphatic rings. The molecule has 13 heavy (non-hydrogen) atoms. The fourth-order valence-corrected chi connectivity index (χ4v) is 1.75. The van der Waals surface area contributed by atoms with E-state index in [0.29, 0.717) is 11.8 Å². The Balaban J connectivity index is 0.000000845. The molecule has 0 bridgehead atoms. The standard InChI is InChI=1S/C12H13.Li/c1-9(2)11-8-7-10-5-3-4-6-12(10)11;/h3-7,9,11H,1-2H3;/q-1;+1. The predicted molar refractivity (Wildman–Crippen MR) is 51.7 cm³/mol. The van der Waals surface area contributed by atoms with E-state index in [9.17, 15) is 0 Å². The molecule has 0 aliphatic heterocycles. The maximum absolute atomic E-state index is 3.40. The summed E-state index contributed by atoms with van der Waals surface area (Å²) in [5, 5.41) is 0. The van der Waals surface area contributed by atoms with E-state index in [1.54, 1.807) is 0 Å². The SMILES string of the molecule is CC(C)C1[C-]=Cc2ccccc21.[Li+]. The van der Waals surface area contributed by atoms with Crippen molar-refractivity contribution < 1.29 is 18.9 Å². The van der Waals surface area contributed by atoms with Gasteiger partial charge in [-0.25, -0.2) is 6.08 Å². The summed E-state index contributed by atoms with van der Waals surface area (Å²) in [6, 6.07) is 8.55. The van der Waals surface area contributed by atoms with Crippen molar-refractivity contribution in [2.75, 3.05) is 0 Å². The van der Waals surface area contributed by atoms with Crippen LogP contribution in [0.4, 0.5) is 0 Å². The molecule has 1 atom stereocenters. The van der Waals surface area contributed by atoms with Crippen LogP contribution >= 0.6 is 0 Å². The summed E-state index contributed by atoms with van der Waals surface area (Å²) in [5.41, 5.74) is 2.78. The summed E-state index contributed by atoms with van der Waals surface area (Å²) in [5.74, 6) is 1.17. The molecule has 0 saturated carbocycles. The molecule has 0 aromatic heterocycles. The zero-order valence-corrected chi connectivity index (χ0v) is 8.54. The molecule has 62 valence electrons. The molecule has 0 spiro atoms. The summed E-state index contributed by atoms with van der Waals surface area (Å²) in [7, 11) is 0. The van der Waals surface area contributed by atoms with Gasteiger partial charge in [0, 0.05) is 0 Å². The monoisotopic (exact) mass is 164 g/mol. The zero-order valence-electron chi connectivity index (χ0n) is 8.54. The van der Waals surface area contributed by atoms with Crippen molar-refractivity contribution in [1.29, 1.82) is 0 Å². The second kappa shape index (κ2) is 4.18. The van der Waals surface area contributed by atoms with E-state index in [-0.39, 0.29) is 18.9 Å². The first kappa shape index (κ1) is 10.6. The van der Waals surface area contributed by atoms with Crippen LogP contribution < -0.4 is 18.9 Å². The third-order valence-corrected chi connectivity index (χ3v) is 2.42. The summed E-state index contributed by atoms with van der Waals surface area (Å²) >= 11 is 0. The maximum atomic E-state index is 3.40. The van der Waals surface area contributed by atoms with Gasteiger partial charge in [-0.15, -0.1) is 11.6 Å². The molecule has 0 amide bonds. The Morgan fingerprint density at radius 1 is 1.23 bits per heavy atom. The number of hydrogen-bond donors (Lipinski definition) is 0. The van der Waals surface area contributed by atoms with Crippen molar-refractivity contribution in [3.05, 3.63) is 41.5 Å². The van der Waals surface area contributed by atoms with Crippen LogP contribution in [-0.2, 0) is 0 Å². The molecule has 0 nitrogen and oxygen atoms in total. The van der Waals surface area contributed by atoms with Crippen molar-refractivity contribution in [3.63, 3.8) is 0 Å². The Morgan fingerprint density at radius 2 is 1.92 bits per heavy atom. The first-order valence-electron chi connectivity index (χ1n) is 4.47. The molecule has 0 saturated heterocycles. The van der Waals surface area contributed by atoms with Gasteiger partial charge in [-0.3, -0.25) is 6.08 Å². The third kappa shape index (κ3) is 1.90. The molecule has 1 heteroatoms. The van der Waals surface area contributed by atoms with Gasteiger partial charge in [-0.1, -0.05) is 43.9 Å². The summed E-state index contributed by atoms with van der Waals surface area (Å²) in [6.45, 7) is 4.49. The maximum Gasteiger partial charge on any atom is 1.00 e. The average Bonchev–Trinajstić information content (AvgIpc) is 2.47. The quantitative estimate of drug-likeness (QED) is 0.412. The van der Waals surface area contributed by atoms with Gasteiger partial charge < -0.3 is 0 Å². The fraction of sp³-hybridized carbons (Fsp3) is 0.333. The van der Waals surface area contributed by atoms with Crippen LogP contribution in [0.2, 0.25) is 0 Å². The minimum absolute atomic E-state index is 0. The Bertz CT molecular complexity index is 313. The molecular formula is C12H13Li. The average molecular weight is 164 g/mol. The third-order valence-electron chi connectivity index (χ3n) is 2.42. The van der Waals surface area contributed by atoms with Crippen LogP contribution in [0.1, 0.15) is 30.9 Å². The summed E-state index contributed by atoms with van der Waals surface area (Å²) in [4.78, 5) is 0. The van der Waals surface area contributed by atoms with Crippen molar-refractivity contribution in [3.8, 4) is 0 Å². The van der Waals surface area contributed by atoms with Crippen molar-refractivity contribution >= 4 is 6.08 Å². The van der Waals surface area contributed by atoms with E-state index >= 15 is 0 Å². The molecular weight excluding hydrogens is 151 g/mol. The van der Waals surface area contributed by atoms with Crippen LogP contribution in [0.3, 0.4) is 0 Å². The molecule has 0 radical (unpaired) electrons. The molecule has 2 rings (SSSR count).